The van der Waals surface area contributed by atoms with E-state index in [1.165, 1.54) is 0 Å². The van der Waals surface area contributed by atoms with Crippen LogP contribution in [0.3, 0.4) is 0 Å². The molecule has 0 spiro atoms. The first-order valence-corrected chi connectivity index (χ1v) is 7.83. The van der Waals surface area contributed by atoms with Crippen LogP contribution in [0, 0.1) is 0 Å². The predicted octanol–water partition coefficient (Wildman–Crippen LogP) is 6.05. The van der Waals surface area contributed by atoms with E-state index in [1.807, 2.05) is 40.7 Å². The number of hydrogen-bond acceptors (Lipinski definition) is 3. The van der Waals surface area contributed by atoms with E-state index >= 15 is 0 Å². The molecule has 2 nitrogen and oxygen atoms in total. The molecule has 18 heavy (non-hydrogen) atoms. The van der Waals surface area contributed by atoms with Gasteiger partial charge < -0.3 is 4.42 Å². The molecule has 0 saturated carbocycles. The molecule has 100 valence electrons. The zero-order chi connectivity index (χ0) is 13.9. The highest BCUT2D eigenvalue weighted by Gasteiger charge is 2.22. The van der Waals surface area contributed by atoms with Crippen molar-refractivity contribution < 1.29 is 4.42 Å². The third kappa shape index (κ3) is 3.14. The van der Waals surface area contributed by atoms with Crippen LogP contribution in [0.15, 0.2) is 21.4 Å². The molecule has 1 heterocycles. The van der Waals surface area contributed by atoms with Gasteiger partial charge in [-0.2, -0.15) is 0 Å². The Hall–Kier alpha value is -0.380. The van der Waals surface area contributed by atoms with E-state index in [4.69, 9.17) is 26.7 Å². The van der Waals surface area contributed by atoms with Crippen LogP contribution in [0.1, 0.15) is 40.5 Å². The standard InChI is InChI=1S/C11H11Cl2NOS.C2H6/c1-11(2,3)10-14-7-5-4-6(12)9(16-13)8(7)15-10;1-2/h4-5H,1-3H3;1-2H3. The Morgan fingerprint density at radius 2 is 1.83 bits per heavy atom. The van der Waals surface area contributed by atoms with E-state index < -0.39 is 0 Å². The van der Waals surface area contributed by atoms with Gasteiger partial charge in [0.1, 0.15) is 5.52 Å². The number of halogens is 2. The topological polar surface area (TPSA) is 26.0 Å². The van der Waals surface area contributed by atoms with E-state index in [1.54, 1.807) is 6.07 Å². The Labute approximate surface area is 122 Å². The highest BCUT2D eigenvalue weighted by molar-refractivity contribution is 8.21. The third-order valence-electron chi connectivity index (χ3n) is 2.18. The molecular formula is C13H17Cl2NOS. The van der Waals surface area contributed by atoms with E-state index in [2.05, 4.69) is 4.98 Å². The van der Waals surface area contributed by atoms with Gasteiger partial charge in [0.25, 0.3) is 0 Å². The fourth-order valence-corrected chi connectivity index (χ4v) is 2.54. The molecule has 1 aromatic carbocycles. The number of aromatic nitrogens is 1. The van der Waals surface area contributed by atoms with Crippen molar-refractivity contribution in [2.45, 2.75) is 44.9 Å². The van der Waals surface area contributed by atoms with Gasteiger partial charge in [0.05, 0.1) is 9.92 Å². The molecule has 2 rings (SSSR count). The first-order chi connectivity index (χ1) is 8.43. The SMILES string of the molecule is CC.CC(C)(C)c1nc2ccc(Cl)c(SCl)c2o1. The second-order valence-corrected chi connectivity index (χ2v) is 6.00. The van der Waals surface area contributed by atoms with Crippen molar-refractivity contribution in [2.75, 3.05) is 0 Å². The normalized spacial score (nSPS) is 11.3. The summed E-state index contributed by atoms with van der Waals surface area (Å²) in [7, 11) is 6.83. The lowest BCUT2D eigenvalue weighted by Crippen LogP contribution is -2.10. The molecule has 0 atom stereocenters. The molecular weight excluding hydrogens is 289 g/mol. The molecule has 0 aliphatic carbocycles. The van der Waals surface area contributed by atoms with Crippen molar-refractivity contribution in [1.82, 2.24) is 4.98 Å². The summed E-state index contributed by atoms with van der Waals surface area (Å²) in [4.78, 5) is 5.16. The van der Waals surface area contributed by atoms with Crippen molar-refractivity contribution in [3.05, 3.63) is 23.0 Å². The van der Waals surface area contributed by atoms with Crippen molar-refractivity contribution >= 4 is 44.4 Å². The number of rotatable bonds is 1. The molecule has 0 fully saturated rings. The molecule has 1 aromatic heterocycles. The largest absolute Gasteiger partial charge is 0.439 e. The monoisotopic (exact) mass is 305 g/mol. The highest BCUT2D eigenvalue weighted by Crippen LogP contribution is 2.38. The van der Waals surface area contributed by atoms with Gasteiger partial charge in [0.15, 0.2) is 5.58 Å². The molecule has 2 aromatic rings. The predicted molar refractivity (Wildman–Crippen MR) is 80.8 cm³/mol. The Bertz CT molecular complexity index is 532. The third-order valence-corrected chi connectivity index (χ3v) is 3.63. The summed E-state index contributed by atoms with van der Waals surface area (Å²) in [5.41, 5.74) is 1.33. The van der Waals surface area contributed by atoms with Crippen molar-refractivity contribution in [2.24, 2.45) is 0 Å². The Morgan fingerprint density at radius 1 is 1.22 bits per heavy atom. The van der Waals surface area contributed by atoms with Crippen LogP contribution in [0.2, 0.25) is 5.02 Å². The number of fused-ring (bicyclic) bond motifs is 1. The van der Waals surface area contributed by atoms with Crippen molar-refractivity contribution in [1.29, 1.82) is 0 Å². The van der Waals surface area contributed by atoms with Crippen LogP contribution in [0.4, 0.5) is 0 Å². The Balaban J connectivity index is 0.000000771. The average molecular weight is 306 g/mol. The molecule has 0 amide bonds. The molecule has 5 heteroatoms. The summed E-state index contributed by atoms with van der Waals surface area (Å²) in [5, 5.41) is 0.587. The molecule has 0 N–H and O–H groups in total. The highest BCUT2D eigenvalue weighted by atomic mass is 35.7. The van der Waals surface area contributed by atoms with Crippen molar-refractivity contribution in [3.8, 4) is 0 Å². The summed E-state index contributed by atoms with van der Waals surface area (Å²) in [6.45, 7) is 10.1. The van der Waals surface area contributed by atoms with E-state index in [0.717, 1.165) is 21.4 Å². The van der Waals surface area contributed by atoms with Crippen LogP contribution < -0.4 is 0 Å². The maximum atomic E-state index is 6.03. The lowest BCUT2D eigenvalue weighted by atomic mass is 9.97. The van der Waals surface area contributed by atoms with Crippen LogP contribution in [0.25, 0.3) is 11.1 Å². The zero-order valence-electron chi connectivity index (χ0n) is 11.2. The maximum absolute atomic E-state index is 6.03. The molecule has 0 aliphatic rings. The van der Waals surface area contributed by atoms with Gasteiger partial charge in [-0.1, -0.05) is 46.2 Å². The molecule has 0 radical (unpaired) electrons. The van der Waals surface area contributed by atoms with Gasteiger partial charge in [0, 0.05) is 5.41 Å². The molecule has 0 unspecified atom stereocenters. The summed E-state index contributed by atoms with van der Waals surface area (Å²) in [6, 6.07) is 3.62. The van der Waals surface area contributed by atoms with Gasteiger partial charge in [-0.15, -0.1) is 0 Å². The van der Waals surface area contributed by atoms with Gasteiger partial charge in [-0.3, -0.25) is 0 Å². The lowest BCUT2D eigenvalue weighted by molar-refractivity contribution is 0.409. The van der Waals surface area contributed by atoms with Crippen LogP contribution in [-0.2, 0) is 5.41 Å². The summed E-state index contributed by atoms with van der Waals surface area (Å²) in [5.74, 6) is 0.691. The Morgan fingerprint density at radius 3 is 2.33 bits per heavy atom. The van der Waals surface area contributed by atoms with Gasteiger partial charge in [0.2, 0.25) is 5.89 Å². The first kappa shape index (κ1) is 15.7. The van der Waals surface area contributed by atoms with Gasteiger partial charge in [-0.05, 0) is 33.8 Å². The smallest absolute Gasteiger partial charge is 0.200 e. The minimum Gasteiger partial charge on any atom is -0.439 e. The lowest BCUT2D eigenvalue weighted by Gasteiger charge is -2.11. The second-order valence-electron chi connectivity index (χ2n) is 4.57. The van der Waals surface area contributed by atoms with Crippen LogP contribution >= 0.6 is 33.3 Å². The van der Waals surface area contributed by atoms with Gasteiger partial charge >= 0.3 is 0 Å². The summed E-state index contributed by atoms with van der Waals surface area (Å²) in [6.07, 6.45) is 0. The number of oxazole rings is 1. The summed E-state index contributed by atoms with van der Waals surface area (Å²) < 4.78 is 5.73. The van der Waals surface area contributed by atoms with Gasteiger partial charge in [-0.25, -0.2) is 4.98 Å². The molecule has 0 saturated heterocycles. The fourth-order valence-electron chi connectivity index (χ4n) is 1.34. The van der Waals surface area contributed by atoms with Crippen molar-refractivity contribution in [3.63, 3.8) is 0 Å². The first-order valence-electron chi connectivity index (χ1n) is 5.81. The average Bonchev–Trinajstić information content (AvgIpc) is 2.75. The van der Waals surface area contributed by atoms with E-state index in [9.17, 15) is 0 Å². The Kier molecular flexibility index (Phi) is 5.38. The second kappa shape index (κ2) is 6.18. The van der Waals surface area contributed by atoms with E-state index in [0.29, 0.717) is 16.5 Å². The number of hydrogen-bond donors (Lipinski definition) is 0. The minimum atomic E-state index is -0.125. The number of nitrogens with zero attached hydrogens (tertiary/aromatic N) is 1. The quantitative estimate of drug-likeness (QED) is 0.641. The minimum absolute atomic E-state index is 0.125. The molecule has 0 aliphatic heterocycles. The maximum Gasteiger partial charge on any atom is 0.200 e. The fraction of sp³-hybridized carbons (Fsp3) is 0.462. The zero-order valence-corrected chi connectivity index (χ0v) is 13.5. The summed E-state index contributed by atoms with van der Waals surface area (Å²) >= 11 is 6.03. The van der Waals surface area contributed by atoms with E-state index in [-0.39, 0.29) is 5.41 Å². The van der Waals surface area contributed by atoms with Crippen LogP contribution in [-0.4, -0.2) is 4.98 Å². The van der Waals surface area contributed by atoms with Crippen LogP contribution in [0.5, 0.6) is 0 Å². The molecule has 0 bridgehead atoms. The number of benzene rings is 1.